The SMILES string of the molecule is CNC(=O)C(CC(C)C)NCc1ccc(C)c(Cl)c1. The molecular formula is C15H23ClN2O. The van der Waals surface area contributed by atoms with E-state index >= 15 is 0 Å². The van der Waals surface area contributed by atoms with Gasteiger partial charge in [-0.2, -0.15) is 0 Å². The number of halogens is 1. The second kappa shape index (κ2) is 7.51. The van der Waals surface area contributed by atoms with Crippen LogP contribution in [0.1, 0.15) is 31.4 Å². The second-order valence-electron chi connectivity index (χ2n) is 5.26. The Bertz CT molecular complexity index is 432. The standard InChI is InChI=1S/C15H23ClN2O/c1-10(2)7-14(15(19)17-4)18-9-12-6-5-11(3)13(16)8-12/h5-6,8,10,14,18H,7,9H2,1-4H3,(H,17,19). The van der Waals surface area contributed by atoms with Crippen molar-refractivity contribution in [1.82, 2.24) is 10.6 Å². The minimum Gasteiger partial charge on any atom is -0.358 e. The van der Waals surface area contributed by atoms with Gasteiger partial charge in [0.05, 0.1) is 6.04 Å². The lowest BCUT2D eigenvalue weighted by Crippen LogP contribution is -2.43. The Balaban J connectivity index is 2.64. The third kappa shape index (κ3) is 5.21. The lowest BCUT2D eigenvalue weighted by molar-refractivity contribution is -0.123. The third-order valence-corrected chi connectivity index (χ3v) is 3.47. The second-order valence-corrected chi connectivity index (χ2v) is 5.67. The van der Waals surface area contributed by atoms with Gasteiger partial charge in [-0.25, -0.2) is 0 Å². The lowest BCUT2D eigenvalue weighted by atomic mass is 10.0. The first-order valence-electron chi connectivity index (χ1n) is 6.64. The minimum atomic E-state index is -0.162. The summed E-state index contributed by atoms with van der Waals surface area (Å²) in [7, 11) is 1.67. The highest BCUT2D eigenvalue weighted by atomic mass is 35.5. The van der Waals surface area contributed by atoms with Gasteiger partial charge in [-0.3, -0.25) is 4.79 Å². The summed E-state index contributed by atoms with van der Waals surface area (Å²) >= 11 is 6.10. The Kier molecular flexibility index (Phi) is 6.32. The summed E-state index contributed by atoms with van der Waals surface area (Å²) < 4.78 is 0. The number of hydrogen-bond acceptors (Lipinski definition) is 2. The summed E-state index contributed by atoms with van der Waals surface area (Å²) in [6.45, 7) is 6.84. The molecule has 1 rings (SSSR count). The van der Waals surface area contributed by atoms with Gasteiger partial charge in [0.15, 0.2) is 0 Å². The fourth-order valence-electron chi connectivity index (χ4n) is 1.92. The monoisotopic (exact) mass is 282 g/mol. The molecule has 19 heavy (non-hydrogen) atoms. The molecular weight excluding hydrogens is 260 g/mol. The maximum absolute atomic E-state index is 11.8. The van der Waals surface area contributed by atoms with Crippen molar-refractivity contribution < 1.29 is 4.79 Å². The number of rotatable bonds is 6. The molecule has 1 atom stereocenters. The zero-order valence-corrected chi connectivity index (χ0v) is 12.8. The summed E-state index contributed by atoms with van der Waals surface area (Å²) in [5.41, 5.74) is 2.16. The average molecular weight is 283 g/mol. The molecule has 2 N–H and O–H groups in total. The molecule has 1 aromatic carbocycles. The molecule has 106 valence electrons. The Morgan fingerprint density at radius 2 is 2.05 bits per heavy atom. The van der Waals surface area contributed by atoms with Crippen LogP contribution in [-0.2, 0) is 11.3 Å². The van der Waals surface area contributed by atoms with Crippen LogP contribution in [0.5, 0.6) is 0 Å². The molecule has 1 amide bonds. The fourth-order valence-corrected chi connectivity index (χ4v) is 2.12. The van der Waals surface area contributed by atoms with Crippen LogP contribution >= 0.6 is 11.6 Å². The molecule has 0 aliphatic carbocycles. The lowest BCUT2D eigenvalue weighted by Gasteiger charge is -2.19. The number of amides is 1. The van der Waals surface area contributed by atoms with Gasteiger partial charge in [0.2, 0.25) is 5.91 Å². The zero-order valence-electron chi connectivity index (χ0n) is 12.1. The van der Waals surface area contributed by atoms with E-state index in [1.807, 2.05) is 25.1 Å². The average Bonchev–Trinajstić information content (AvgIpc) is 2.37. The Labute approximate surface area is 120 Å². The van der Waals surface area contributed by atoms with Crippen LogP contribution < -0.4 is 10.6 Å². The topological polar surface area (TPSA) is 41.1 Å². The van der Waals surface area contributed by atoms with E-state index in [4.69, 9.17) is 11.6 Å². The van der Waals surface area contributed by atoms with Crippen LogP contribution in [0.3, 0.4) is 0 Å². The van der Waals surface area contributed by atoms with Crippen LogP contribution in [-0.4, -0.2) is 19.0 Å². The van der Waals surface area contributed by atoms with E-state index in [1.54, 1.807) is 7.05 Å². The first-order chi connectivity index (χ1) is 8.93. The molecule has 3 nitrogen and oxygen atoms in total. The number of benzene rings is 1. The van der Waals surface area contributed by atoms with Crippen molar-refractivity contribution >= 4 is 17.5 Å². The van der Waals surface area contributed by atoms with Crippen LogP contribution in [0.15, 0.2) is 18.2 Å². The molecule has 0 heterocycles. The van der Waals surface area contributed by atoms with Crippen LogP contribution in [0.2, 0.25) is 5.02 Å². The molecule has 0 saturated heterocycles. The maximum Gasteiger partial charge on any atom is 0.236 e. The van der Waals surface area contributed by atoms with Crippen LogP contribution in [0, 0.1) is 12.8 Å². The molecule has 0 fully saturated rings. The van der Waals surface area contributed by atoms with Crippen molar-refractivity contribution in [3.8, 4) is 0 Å². The molecule has 0 aliphatic rings. The van der Waals surface area contributed by atoms with Crippen LogP contribution in [0.4, 0.5) is 0 Å². The van der Waals surface area contributed by atoms with Gasteiger partial charge in [-0.05, 0) is 36.5 Å². The summed E-state index contributed by atoms with van der Waals surface area (Å²) in [6, 6.07) is 5.81. The number of carbonyl (C=O) groups excluding carboxylic acids is 1. The summed E-state index contributed by atoms with van der Waals surface area (Å²) in [5, 5.41) is 6.76. The van der Waals surface area contributed by atoms with Gasteiger partial charge in [0.1, 0.15) is 0 Å². The highest BCUT2D eigenvalue weighted by molar-refractivity contribution is 6.31. The van der Waals surface area contributed by atoms with Gasteiger partial charge in [0, 0.05) is 18.6 Å². The van der Waals surface area contributed by atoms with Gasteiger partial charge in [-0.1, -0.05) is 37.6 Å². The number of nitrogens with one attached hydrogen (secondary N) is 2. The number of aryl methyl sites for hydroxylation is 1. The Morgan fingerprint density at radius 1 is 1.37 bits per heavy atom. The normalized spacial score (nSPS) is 12.5. The first kappa shape index (κ1) is 16.0. The molecule has 1 aromatic rings. The van der Waals surface area contributed by atoms with E-state index in [9.17, 15) is 4.79 Å². The summed E-state index contributed by atoms with van der Waals surface area (Å²) in [4.78, 5) is 11.8. The molecule has 0 spiro atoms. The molecule has 0 aromatic heterocycles. The summed E-state index contributed by atoms with van der Waals surface area (Å²) in [5.74, 6) is 0.503. The summed E-state index contributed by atoms with van der Waals surface area (Å²) in [6.07, 6.45) is 0.819. The highest BCUT2D eigenvalue weighted by Gasteiger charge is 2.17. The Hall–Kier alpha value is -1.06. The minimum absolute atomic E-state index is 0.0342. The first-order valence-corrected chi connectivity index (χ1v) is 7.01. The molecule has 0 radical (unpaired) electrons. The smallest absolute Gasteiger partial charge is 0.236 e. The van der Waals surface area contributed by atoms with Crippen LogP contribution in [0.25, 0.3) is 0 Å². The van der Waals surface area contributed by atoms with Gasteiger partial charge in [0.25, 0.3) is 0 Å². The van der Waals surface area contributed by atoms with E-state index < -0.39 is 0 Å². The van der Waals surface area contributed by atoms with Crippen molar-refractivity contribution in [2.24, 2.45) is 5.92 Å². The van der Waals surface area contributed by atoms with Gasteiger partial charge < -0.3 is 10.6 Å². The number of likely N-dealkylation sites (N-methyl/N-ethyl adjacent to an activating group) is 1. The van der Waals surface area contributed by atoms with E-state index in [2.05, 4.69) is 24.5 Å². The van der Waals surface area contributed by atoms with Crippen molar-refractivity contribution in [2.75, 3.05) is 7.05 Å². The van der Waals surface area contributed by atoms with Crippen molar-refractivity contribution in [3.05, 3.63) is 34.3 Å². The predicted molar refractivity (Wildman–Crippen MR) is 80.3 cm³/mol. The van der Waals surface area contributed by atoms with Crippen molar-refractivity contribution in [2.45, 2.75) is 39.8 Å². The highest BCUT2D eigenvalue weighted by Crippen LogP contribution is 2.17. The zero-order chi connectivity index (χ0) is 14.4. The largest absolute Gasteiger partial charge is 0.358 e. The molecule has 4 heteroatoms. The van der Waals surface area contributed by atoms with Gasteiger partial charge >= 0.3 is 0 Å². The molecule has 1 unspecified atom stereocenters. The predicted octanol–water partition coefficient (Wildman–Crippen LogP) is 2.90. The van der Waals surface area contributed by atoms with Crippen molar-refractivity contribution in [1.29, 1.82) is 0 Å². The molecule has 0 saturated carbocycles. The van der Waals surface area contributed by atoms with E-state index in [0.29, 0.717) is 12.5 Å². The molecule has 0 bridgehead atoms. The third-order valence-electron chi connectivity index (χ3n) is 3.06. The maximum atomic E-state index is 11.8. The van der Waals surface area contributed by atoms with Gasteiger partial charge in [-0.15, -0.1) is 0 Å². The van der Waals surface area contributed by atoms with E-state index in [1.165, 1.54) is 0 Å². The van der Waals surface area contributed by atoms with Crippen molar-refractivity contribution in [3.63, 3.8) is 0 Å². The fraction of sp³-hybridized carbons (Fsp3) is 0.533. The number of hydrogen-bond donors (Lipinski definition) is 2. The van der Waals surface area contributed by atoms with E-state index in [0.717, 1.165) is 22.6 Å². The quantitative estimate of drug-likeness (QED) is 0.842. The Morgan fingerprint density at radius 3 is 2.58 bits per heavy atom. The molecule has 0 aliphatic heterocycles. The van der Waals surface area contributed by atoms with E-state index in [-0.39, 0.29) is 11.9 Å². The number of carbonyl (C=O) groups is 1.